The summed E-state index contributed by atoms with van der Waals surface area (Å²) in [5.41, 5.74) is 2.99. The van der Waals surface area contributed by atoms with Gasteiger partial charge in [0.25, 0.3) is 0 Å². The van der Waals surface area contributed by atoms with Crippen LogP contribution in [0.25, 0.3) is 5.52 Å². The van der Waals surface area contributed by atoms with Gasteiger partial charge in [0.1, 0.15) is 0 Å². The Morgan fingerprint density at radius 2 is 2.15 bits per heavy atom. The molecule has 0 saturated carbocycles. The second-order valence-corrected chi connectivity index (χ2v) is 7.32. The second-order valence-electron chi connectivity index (χ2n) is 7.32. The molecule has 3 aromatic heterocycles. The van der Waals surface area contributed by atoms with Crippen LogP contribution in [-0.4, -0.2) is 45.8 Å². The summed E-state index contributed by atoms with van der Waals surface area (Å²) in [5.74, 6) is 1.08. The van der Waals surface area contributed by atoms with E-state index in [0.29, 0.717) is 6.42 Å². The van der Waals surface area contributed by atoms with Gasteiger partial charge in [-0.15, -0.1) is 0 Å². The van der Waals surface area contributed by atoms with Gasteiger partial charge in [0, 0.05) is 45.4 Å². The Kier molecular flexibility index (Phi) is 4.79. The molecule has 4 heterocycles. The molecule has 6 heteroatoms. The Balaban J connectivity index is 1.66. The molecule has 3 aromatic rings. The molecule has 1 aliphatic rings. The maximum Gasteiger partial charge on any atom is 0.227 e. The molecule has 1 saturated heterocycles. The van der Waals surface area contributed by atoms with Gasteiger partial charge in [-0.2, -0.15) is 0 Å². The molecule has 0 bridgehead atoms. The van der Waals surface area contributed by atoms with Crippen molar-refractivity contribution < 1.29 is 4.79 Å². The third-order valence-corrected chi connectivity index (χ3v) is 5.18. The summed E-state index contributed by atoms with van der Waals surface area (Å²) in [6, 6.07) is 7.95. The van der Waals surface area contributed by atoms with Gasteiger partial charge in [-0.3, -0.25) is 9.78 Å². The number of fused-ring (bicyclic) bond motifs is 1. The molecule has 0 aliphatic carbocycles. The topological polar surface area (TPSA) is 53.7 Å². The highest BCUT2D eigenvalue weighted by molar-refractivity contribution is 5.79. The number of aromatic nitrogens is 3. The van der Waals surface area contributed by atoms with Crippen LogP contribution >= 0.6 is 0 Å². The largest absolute Gasteiger partial charge is 0.361 e. The third-order valence-electron chi connectivity index (χ3n) is 5.18. The highest BCUT2D eigenvalue weighted by Gasteiger charge is 2.30. The molecule has 0 spiro atoms. The molecule has 1 aliphatic heterocycles. The summed E-state index contributed by atoms with van der Waals surface area (Å²) < 4.78 is 2.11. The van der Waals surface area contributed by atoms with E-state index in [1.165, 1.54) is 0 Å². The number of nitrogens with zero attached hydrogens (tertiary/aromatic N) is 5. The first kappa shape index (κ1) is 17.5. The van der Waals surface area contributed by atoms with Crippen LogP contribution in [0, 0.1) is 0 Å². The zero-order chi connectivity index (χ0) is 18.8. The molecule has 1 fully saturated rings. The minimum atomic E-state index is 0.0217. The van der Waals surface area contributed by atoms with E-state index in [0.717, 1.165) is 48.4 Å². The molecule has 1 unspecified atom stereocenters. The highest BCUT2D eigenvalue weighted by Crippen LogP contribution is 2.32. The van der Waals surface area contributed by atoms with Gasteiger partial charge in [-0.05, 0) is 43.0 Å². The lowest BCUT2D eigenvalue weighted by atomic mass is 9.98. The van der Waals surface area contributed by atoms with Crippen LogP contribution in [0.15, 0.2) is 49.1 Å². The van der Waals surface area contributed by atoms with Gasteiger partial charge >= 0.3 is 0 Å². The van der Waals surface area contributed by atoms with Gasteiger partial charge in [0.15, 0.2) is 5.82 Å². The Bertz CT molecular complexity index is 934. The summed E-state index contributed by atoms with van der Waals surface area (Å²) >= 11 is 0. The summed E-state index contributed by atoms with van der Waals surface area (Å²) in [6.07, 6.45) is 11.1. The number of likely N-dealkylation sites (tertiary alicyclic amines) is 1. The lowest BCUT2D eigenvalue weighted by molar-refractivity contribution is -0.134. The van der Waals surface area contributed by atoms with E-state index in [4.69, 9.17) is 4.98 Å². The standard InChI is InChI=1S/C21H25N5O/c1-24(2)21-19-9-6-11-25(19)15-17(23-21)18-8-3-4-12-26(18)20(27)13-16-7-5-10-22-14-16/h5-7,9-11,14-15,18H,3-4,8,12-13H2,1-2H3. The predicted octanol–water partition coefficient (Wildman–Crippen LogP) is 3.09. The maximum atomic E-state index is 13.0. The van der Waals surface area contributed by atoms with E-state index in [2.05, 4.69) is 21.6 Å². The minimum Gasteiger partial charge on any atom is -0.361 e. The van der Waals surface area contributed by atoms with Crippen molar-refractivity contribution in [3.63, 3.8) is 0 Å². The van der Waals surface area contributed by atoms with Crippen LogP contribution in [0.1, 0.15) is 36.6 Å². The van der Waals surface area contributed by atoms with E-state index >= 15 is 0 Å². The van der Waals surface area contributed by atoms with Crippen LogP contribution in [0.3, 0.4) is 0 Å². The van der Waals surface area contributed by atoms with Gasteiger partial charge in [0.2, 0.25) is 5.91 Å². The fourth-order valence-corrected chi connectivity index (χ4v) is 3.85. The SMILES string of the molecule is CN(C)c1nc(C2CCCCN2C(=O)Cc2cccnc2)cn2cccc12. The number of amides is 1. The Labute approximate surface area is 159 Å². The number of carbonyl (C=O) groups is 1. The number of hydrogen-bond acceptors (Lipinski definition) is 4. The first-order valence-electron chi connectivity index (χ1n) is 9.47. The Morgan fingerprint density at radius 3 is 2.93 bits per heavy atom. The summed E-state index contributed by atoms with van der Waals surface area (Å²) in [7, 11) is 4.01. The number of rotatable bonds is 4. The fraction of sp³-hybridized carbons (Fsp3) is 0.381. The van der Waals surface area contributed by atoms with Crippen LogP contribution in [0.2, 0.25) is 0 Å². The van der Waals surface area contributed by atoms with E-state index in [9.17, 15) is 4.79 Å². The zero-order valence-corrected chi connectivity index (χ0v) is 15.9. The molecule has 0 aromatic carbocycles. The molecule has 0 N–H and O–H groups in total. The van der Waals surface area contributed by atoms with Crippen molar-refractivity contribution in [1.82, 2.24) is 19.3 Å². The van der Waals surface area contributed by atoms with Gasteiger partial charge < -0.3 is 14.2 Å². The van der Waals surface area contributed by atoms with Crippen LogP contribution in [0.5, 0.6) is 0 Å². The molecule has 27 heavy (non-hydrogen) atoms. The molecule has 0 radical (unpaired) electrons. The highest BCUT2D eigenvalue weighted by atomic mass is 16.2. The molecule has 4 rings (SSSR count). The molecule has 1 amide bonds. The molecule has 1 atom stereocenters. The van der Waals surface area contributed by atoms with Crippen molar-refractivity contribution in [2.24, 2.45) is 0 Å². The quantitative estimate of drug-likeness (QED) is 0.715. The summed E-state index contributed by atoms with van der Waals surface area (Å²) in [4.78, 5) is 26.1. The van der Waals surface area contributed by atoms with Crippen molar-refractivity contribution in [3.05, 3.63) is 60.3 Å². The number of hydrogen-bond donors (Lipinski definition) is 0. The van der Waals surface area contributed by atoms with Gasteiger partial charge in [-0.25, -0.2) is 4.98 Å². The van der Waals surface area contributed by atoms with Gasteiger partial charge in [0.05, 0.1) is 23.7 Å². The number of carbonyl (C=O) groups excluding carboxylic acids is 1. The van der Waals surface area contributed by atoms with Crippen molar-refractivity contribution in [1.29, 1.82) is 0 Å². The molecular weight excluding hydrogens is 338 g/mol. The van der Waals surface area contributed by atoms with Crippen LogP contribution in [0.4, 0.5) is 5.82 Å². The molecular formula is C21H25N5O. The van der Waals surface area contributed by atoms with Crippen molar-refractivity contribution in [2.45, 2.75) is 31.7 Å². The number of anilines is 1. The first-order chi connectivity index (χ1) is 13.1. The normalized spacial score (nSPS) is 17.3. The maximum absolute atomic E-state index is 13.0. The minimum absolute atomic E-state index is 0.0217. The zero-order valence-electron chi connectivity index (χ0n) is 15.9. The second kappa shape index (κ2) is 7.39. The van der Waals surface area contributed by atoms with E-state index in [1.807, 2.05) is 48.3 Å². The monoisotopic (exact) mass is 363 g/mol. The molecule has 6 nitrogen and oxygen atoms in total. The van der Waals surface area contributed by atoms with Gasteiger partial charge in [-0.1, -0.05) is 6.07 Å². The van der Waals surface area contributed by atoms with E-state index < -0.39 is 0 Å². The Morgan fingerprint density at radius 1 is 1.26 bits per heavy atom. The van der Waals surface area contributed by atoms with Crippen LogP contribution < -0.4 is 4.90 Å². The van der Waals surface area contributed by atoms with E-state index in [1.54, 1.807) is 12.4 Å². The lowest BCUT2D eigenvalue weighted by Gasteiger charge is -2.36. The van der Waals surface area contributed by atoms with Crippen LogP contribution in [-0.2, 0) is 11.2 Å². The third kappa shape index (κ3) is 3.52. The Hall–Kier alpha value is -2.89. The number of pyridine rings is 1. The average molecular weight is 363 g/mol. The van der Waals surface area contributed by atoms with E-state index in [-0.39, 0.29) is 11.9 Å². The first-order valence-corrected chi connectivity index (χ1v) is 9.47. The van der Waals surface area contributed by atoms with Crippen molar-refractivity contribution >= 4 is 17.2 Å². The fourth-order valence-electron chi connectivity index (χ4n) is 3.85. The smallest absolute Gasteiger partial charge is 0.227 e. The number of piperidine rings is 1. The summed E-state index contributed by atoms with van der Waals surface area (Å²) in [6.45, 7) is 0.784. The van der Waals surface area contributed by atoms with Crippen molar-refractivity contribution in [2.75, 3.05) is 25.5 Å². The lowest BCUT2D eigenvalue weighted by Crippen LogP contribution is -2.40. The predicted molar refractivity (Wildman–Crippen MR) is 106 cm³/mol. The average Bonchev–Trinajstić information content (AvgIpc) is 3.16. The molecule has 140 valence electrons. The summed E-state index contributed by atoms with van der Waals surface area (Å²) in [5, 5.41) is 0. The van der Waals surface area contributed by atoms with Crippen molar-refractivity contribution in [3.8, 4) is 0 Å².